The Hall–Kier alpha value is -2.81. The lowest BCUT2D eigenvalue weighted by Gasteiger charge is -2.43. The number of esters is 2. The molecule has 1 aromatic carbocycles. The summed E-state index contributed by atoms with van der Waals surface area (Å²) >= 11 is 0. The summed E-state index contributed by atoms with van der Waals surface area (Å²) in [7, 11) is 2.25. The van der Waals surface area contributed by atoms with E-state index < -0.39 is 52.4 Å². The number of nitro groups is 1. The molecule has 0 unspecified atom stereocenters. The van der Waals surface area contributed by atoms with Crippen molar-refractivity contribution >= 4 is 23.4 Å². The Morgan fingerprint density at radius 3 is 2.19 bits per heavy atom. The molecular formula is C17H19NO8. The molecule has 0 heterocycles. The second-order valence-electron chi connectivity index (χ2n) is 6.38. The molecule has 0 spiro atoms. The Morgan fingerprint density at radius 2 is 1.73 bits per heavy atom. The molecular weight excluding hydrogens is 346 g/mol. The number of benzene rings is 1. The maximum atomic E-state index is 12.5. The highest BCUT2D eigenvalue weighted by Crippen LogP contribution is 2.46. The summed E-state index contributed by atoms with van der Waals surface area (Å²) in [6.07, 6.45) is -0.421. The number of nitrogens with zero attached hydrogens (tertiary/aromatic N) is 1. The summed E-state index contributed by atoms with van der Waals surface area (Å²) in [5, 5.41) is 21.5. The molecule has 1 aliphatic carbocycles. The third-order valence-electron chi connectivity index (χ3n) is 4.67. The fourth-order valence-corrected chi connectivity index (χ4v) is 3.49. The van der Waals surface area contributed by atoms with E-state index in [1.807, 2.05) is 0 Å². The largest absolute Gasteiger partial charge is 0.469 e. The number of carbonyl (C=O) groups is 3. The molecule has 0 aliphatic heterocycles. The highest BCUT2D eigenvalue weighted by molar-refractivity contribution is 6.02. The van der Waals surface area contributed by atoms with Crippen molar-refractivity contribution in [2.45, 2.75) is 24.9 Å². The number of ketones is 1. The van der Waals surface area contributed by atoms with Crippen LogP contribution in [0.2, 0.25) is 0 Å². The lowest BCUT2D eigenvalue weighted by molar-refractivity contribution is -0.384. The first-order chi connectivity index (χ1) is 12.1. The van der Waals surface area contributed by atoms with Gasteiger partial charge in [-0.25, -0.2) is 0 Å². The fourth-order valence-electron chi connectivity index (χ4n) is 3.49. The molecule has 0 saturated heterocycles. The smallest absolute Gasteiger partial charge is 0.316 e. The Labute approximate surface area is 149 Å². The van der Waals surface area contributed by atoms with E-state index in [1.165, 1.54) is 31.2 Å². The van der Waals surface area contributed by atoms with Gasteiger partial charge in [-0.1, -0.05) is 12.1 Å². The van der Waals surface area contributed by atoms with E-state index in [-0.39, 0.29) is 5.69 Å². The van der Waals surface area contributed by atoms with Crippen LogP contribution < -0.4 is 0 Å². The fraction of sp³-hybridized carbons (Fsp3) is 0.471. The van der Waals surface area contributed by atoms with Gasteiger partial charge < -0.3 is 14.6 Å². The molecule has 1 saturated carbocycles. The molecule has 1 aromatic rings. The number of methoxy groups -OCH3 is 2. The number of hydrogen-bond donors (Lipinski definition) is 1. The first kappa shape index (κ1) is 19.5. The molecule has 140 valence electrons. The lowest BCUT2D eigenvalue weighted by atomic mass is 9.62. The zero-order valence-electron chi connectivity index (χ0n) is 14.5. The maximum absolute atomic E-state index is 12.5. The van der Waals surface area contributed by atoms with Gasteiger partial charge >= 0.3 is 11.9 Å². The van der Waals surface area contributed by atoms with Gasteiger partial charge in [0, 0.05) is 24.5 Å². The van der Waals surface area contributed by atoms with Crippen molar-refractivity contribution in [2.75, 3.05) is 14.2 Å². The summed E-state index contributed by atoms with van der Waals surface area (Å²) in [6.45, 7) is 1.32. The molecule has 26 heavy (non-hydrogen) atoms. The Kier molecular flexibility index (Phi) is 5.41. The minimum absolute atomic E-state index is 0.188. The van der Waals surface area contributed by atoms with Crippen LogP contribution in [0.3, 0.4) is 0 Å². The summed E-state index contributed by atoms with van der Waals surface area (Å²) in [6, 6.07) is 5.10. The van der Waals surface area contributed by atoms with Gasteiger partial charge in [0.05, 0.1) is 30.7 Å². The van der Waals surface area contributed by atoms with Gasteiger partial charge in [-0.15, -0.1) is 0 Å². The monoisotopic (exact) mass is 365 g/mol. The molecule has 9 heteroatoms. The molecule has 1 N–H and O–H groups in total. The molecule has 1 aliphatic rings. The number of hydrogen-bond acceptors (Lipinski definition) is 8. The van der Waals surface area contributed by atoms with Crippen molar-refractivity contribution in [1.29, 1.82) is 0 Å². The second-order valence-corrected chi connectivity index (χ2v) is 6.38. The Bertz CT molecular complexity index is 740. The third-order valence-corrected chi connectivity index (χ3v) is 4.67. The van der Waals surface area contributed by atoms with Gasteiger partial charge in [-0.05, 0) is 12.5 Å². The number of rotatable bonds is 4. The van der Waals surface area contributed by atoms with Gasteiger partial charge in [0.15, 0.2) is 5.78 Å². The van der Waals surface area contributed by atoms with Gasteiger partial charge in [-0.3, -0.25) is 24.5 Å². The molecule has 2 rings (SSSR count). The van der Waals surface area contributed by atoms with Crippen LogP contribution in [0, 0.1) is 22.0 Å². The molecule has 0 amide bonds. The summed E-state index contributed by atoms with van der Waals surface area (Å²) in [5.74, 6) is -5.85. The number of aliphatic hydroxyl groups is 1. The first-order valence-electron chi connectivity index (χ1n) is 7.79. The average molecular weight is 365 g/mol. The number of nitro benzene ring substituents is 1. The zero-order valence-corrected chi connectivity index (χ0v) is 14.5. The van der Waals surface area contributed by atoms with Crippen molar-refractivity contribution in [3.8, 4) is 0 Å². The summed E-state index contributed by atoms with van der Waals surface area (Å²) in [4.78, 5) is 47.3. The van der Waals surface area contributed by atoms with E-state index in [2.05, 4.69) is 0 Å². The lowest BCUT2D eigenvalue weighted by Crippen LogP contribution is -2.55. The molecule has 1 fully saturated rings. The molecule has 0 bridgehead atoms. The van der Waals surface area contributed by atoms with Crippen LogP contribution in [0.15, 0.2) is 24.3 Å². The van der Waals surface area contributed by atoms with Crippen LogP contribution in [0.4, 0.5) is 5.69 Å². The van der Waals surface area contributed by atoms with E-state index in [0.29, 0.717) is 5.56 Å². The molecule has 0 radical (unpaired) electrons. The van der Waals surface area contributed by atoms with Gasteiger partial charge in [-0.2, -0.15) is 0 Å². The maximum Gasteiger partial charge on any atom is 0.316 e. The Morgan fingerprint density at radius 1 is 1.19 bits per heavy atom. The minimum atomic E-state index is -1.75. The van der Waals surface area contributed by atoms with Crippen LogP contribution in [-0.2, 0) is 23.9 Å². The van der Waals surface area contributed by atoms with Crippen LogP contribution >= 0.6 is 0 Å². The molecule has 9 nitrogen and oxygen atoms in total. The van der Waals surface area contributed by atoms with E-state index in [4.69, 9.17) is 9.47 Å². The number of ether oxygens (including phenoxy) is 2. The van der Waals surface area contributed by atoms with Crippen LogP contribution in [0.1, 0.15) is 24.8 Å². The van der Waals surface area contributed by atoms with Crippen molar-refractivity contribution in [3.05, 3.63) is 39.9 Å². The van der Waals surface area contributed by atoms with Gasteiger partial charge in [0.25, 0.3) is 5.69 Å². The third kappa shape index (κ3) is 3.43. The summed E-state index contributed by atoms with van der Waals surface area (Å²) in [5.41, 5.74) is -1.62. The highest BCUT2D eigenvalue weighted by Gasteiger charge is 2.56. The predicted octanol–water partition coefficient (Wildman–Crippen LogP) is 0.981. The van der Waals surface area contributed by atoms with Crippen LogP contribution in [0.25, 0.3) is 0 Å². The van der Waals surface area contributed by atoms with Crippen molar-refractivity contribution in [2.24, 2.45) is 11.8 Å². The zero-order chi connectivity index (χ0) is 19.6. The Balaban J connectivity index is 2.62. The topological polar surface area (TPSA) is 133 Å². The number of carbonyl (C=O) groups excluding carboxylic acids is 3. The highest BCUT2D eigenvalue weighted by atomic mass is 16.6. The SMILES string of the molecule is COC(=O)[C@@H]1C(=O)C[C@@](C)(O)[C@@H](C(=O)OC)[C@@H]1c1ccc([N+](=O)[O-])cc1. The van der Waals surface area contributed by atoms with E-state index >= 15 is 0 Å². The summed E-state index contributed by atoms with van der Waals surface area (Å²) < 4.78 is 9.47. The standard InChI is InChI=1S/C17H19NO8/c1-17(22)8-11(19)13(15(20)25-2)12(14(17)16(21)26-3)9-4-6-10(7-5-9)18(23)24/h4-7,12-14,22H,8H2,1-3H3/t12-,13-,14-,17-/m1/s1. The number of Topliss-reactive ketones (excluding diaryl/α,β-unsaturated/α-hetero) is 1. The van der Waals surface area contributed by atoms with E-state index in [0.717, 1.165) is 14.2 Å². The molecule has 0 aromatic heterocycles. The van der Waals surface area contributed by atoms with E-state index in [1.54, 1.807) is 0 Å². The first-order valence-corrected chi connectivity index (χ1v) is 7.79. The van der Waals surface area contributed by atoms with Crippen molar-refractivity contribution in [1.82, 2.24) is 0 Å². The quantitative estimate of drug-likeness (QED) is 0.361. The van der Waals surface area contributed by atoms with Gasteiger partial charge in [0.2, 0.25) is 0 Å². The van der Waals surface area contributed by atoms with Crippen LogP contribution in [0.5, 0.6) is 0 Å². The van der Waals surface area contributed by atoms with Crippen LogP contribution in [-0.4, -0.2) is 47.6 Å². The van der Waals surface area contributed by atoms with Crippen molar-refractivity contribution in [3.63, 3.8) is 0 Å². The van der Waals surface area contributed by atoms with Crippen molar-refractivity contribution < 1.29 is 33.9 Å². The number of non-ortho nitro benzene ring substituents is 1. The molecule has 4 atom stereocenters. The van der Waals surface area contributed by atoms with E-state index in [9.17, 15) is 29.6 Å². The predicted molar refractivity (Wildman–Crippen MR) is 87.1 cm³/mol. The average Bonchev–Trinajstić information content (AvgIpc) is 2.59. The van der Waals surface area contributed by atoms with Gasteiger partial charge in [0.1, 0.15) is 5.92 Å². The minimum Gasteiger partial charge on any atom is -0.469 e. The second kappa shape index (κ2) is 7.20. The normalized spacial score (nSPS) is 28.3.